The molecule has 3 rings (SSSR count). The van der Waals surface area contributed by atoms with Crippen LogP contribution in [0.2, 0.25) is 0 Å². The predicted molar refractivity (Wildman–Crippen MR) is 105 cm³/mol. The van der Waals surface area contributed by atoms with Crippen LogP contribution >= 0.6 is 0 Å². The number of benzene rings is 1. The molecule has 3 amide bonds. The first kappa shape index (κ1) is 21.7. The van der Waals surface area contributed by atoms with Crippen molar-refractivity contribution in [1.82, 2.24) is 14.7 Å². The molecule has 2 aliphatic heterocycles. The normalized spacial score (nSPS) is 17.6. The summed E-state index contributed by atoms with van der Waals surface area (Å²) in [6.45, 7) is 3.81. The van der Waals surface area contributed by atoms with Gasteiger partial charge in [-0.05, 0) is 37.1 Å². The summed E-state index contributed by atoms with van der Waals surface area (Å²) in [5.74, 6) is -1.66. The Labute approximate surface area is 174 Å². The van der Waals surface area contributed by atoms with Crippen LogP contribution in [0.15, 0.2) is 24.3 Å². The average molecular weight is 419 g/mol. The molecule has 0 atom stereocenters. The molecule has 30 heavy (non-hydrogen) atoms. The quantitative estimate of drug-likeness (QED) is 0.677. The molecule has 0 spiro atoms. The Morgan fingerprint density at radius 1 is 0.900 bits per heavy atom. The summed E-state index contributed by atoms with van der Waals surface area (Å²) in [6.07, 6.45) is 0.911. The molecular weight excluding hydrogens is 393 g/mol. The fourth-order valence-electron chi connectivity index (χ4n) is 3.71. The van der Waals surface area contributed by atoms with Gasteiger partial charge in [0.15, 0.2) is 6.61 Å². The van der Waals surface area contributed by atoms with Crippen molar-refractivity contribution in [3.63, 3.8) is 0 Å². The summed E-state index contributed by atoms with van der Waals surface area (Å²) in [7, 11) is 0. The van der Waals surface area contributed by atoms with Gasteiger partial charge in [0, 0.05) is 51.8 Å². The number of esters is 1. The van der Waals surface area contributed by atoms with Gasteiger partial charge in [-0.25, -0.2) is 4.39 Å². The number of hydrogen-bond acceptors (Lipinski definition) is 5. The van der Waals surface area contributed by atoms with Crippen molar-refractivity contribution in [2.24, 2.45) is 5.92 Å². The van der Waals surface area contributed by atoms with E-state index < -0.39 is 11.8 Å². The van der Waals surface area contributed by atoms with E-state index in [-0.39, 0.29) is 30.2 Å². The number of ether oxygens (including phenoxy) is 1. The molecule has 1 aromatic carbocycles. The van der Waals surface area contributed by atoms with Gasteiger partial charge in [0.05, 0.1) is 5.92 Å². The third kappa shape index (κ3) is 5.34. The molecule has 0 aliphatic carbocycles. The molecule has 0 bridgehead atoms. The molecule has 9 heteroatoms. The lowest BCUT2D eigenvalue weighted by Crippen LogP contribution is -2.51. The van der Waals surface area contributed by atoms with Crippen LogP contribution in [0.5, 0.6) is 0 Å². The van der Waals surface area contributed by atoms with Crippen molar-refractivity contribution in [1.29, 1.82) is 0 Å². The Morgan fingerprint density at radius 2 is 1.47 bits per heavy atom. The first-order valence-corrected chi connectivity index (χ1v) is 10.1. The van der Waals surface area contributed by atoms with Crippen LogP contribution in [0.4, 0.5) is 4.39 Å². The highest BCUT2D eigenvalue weighted by Crippen LogP contribution is 2.20. The minimum atomic E-state index is -0.431. The number of halogens is 1. The molecule has 0 saturated carbocycles. The molecule has 0 radical (unpaired) electrons. The van der Waals surface area contributed by atoms with Gasteiger partial charge in [-0.1, -0.05) is 0 Å². The molecular formula is C21H26FN3O5. The van der Waals surface area contributed by atoms with E-state index >= 15 is 0 Å². The molecule has 2 aliphatic rings. The van der Waals surface area contributed by atoms with Gasteiger partial charge in [-0.2, -0.15) is 0 Å². The monoisotopic (exact) mass is 419 g/mol. The first-order chi connectivity index (χ1) is 14.3. The van der Waals surface area contributed by atoms with Gasteiger partial charge in [0.2, 0.25) is 5.91 Å². The second-order valence-corrected chi connectivity index (χ2v) is 7.57. The van der Waals surface area contributed by atoms with Gasteiger partial charge in [0.25, 0.3) is 11.8 Å². The van der Waals surface area contributed by atoms with Gasteiger partial charge < -0.3 is 19.4 Å². The van der Waals surface area contributed by atoms with Crippen molar-refractivity contribution >= 4 is 23.7 Å². The maximum absolute atomic E-state index is 13.0. The number of amides is 3. The van der Waals surface area contributed by atoms with E-state index in [2.05, 4.69) is 0 Å². The Kier molecular flexibility index (Phi) is 7.02. The van der Waals surface area contributed by atoms with E-state index in [1.807, 2.05) is 0 Å². The predicted octanol–water partition coefficient (Wildman–Crippen LogP) is 0.912. The summed E-state index contributed by atoms with van der Waals surface area (Å²) < 4.78 is 18.2. The van der Waals surface area contributed by atoms with Crippen molar-refractivity contribution in [2.45, 2.75) is 19.8 Å². The zero-order valence-electron chi connectivity index (χ0n) is 17.0. The maximum Gasteiger partial charge on any atom is 0.309 e. The number of hydrogen-bond donors (Lipinski definition) is 0. The third-order valence-electron chi connectivity index (χ3n) is 5.62. The van der Waals surface area contributed by atoms with Crippen LogP contribution in [-0.4, -0.2) is 84.3 Å². The highest BCUT2D eigenvalue weighted by Gasteiger charge is 2.30. The number of carbonyl (C=O) groups is 4. The minimum absolute atomic E-state index is 0.0159. The Bertz CT molecular complexity index is 797. The largest absolute Gasteiger partial charge is 0.455 e. The van der Waals surface area contributed by atoms with E-state index in [9.17, 15) is 23.6 Å². The number of nitrogens with zero attached hydrogens (tertiary/aromatic N) is 3. The average Bonchev–Trinajstić information content (AvgIpc) is 2.77. The Balaban J connectivity index is 1.40. The number of carbonyl (C=O) groups excluding carboxylic acids is 4. The van der Waals surface area contributed by atoms with Gasteiger partial charge >= 0.3 is 5.97 Å². The SMILES string of the molecule is CC(=O)N1CCN(C(=O)COC(=O)C2CCN(C(=O)c3ccc(F)cc3)CC2)CC1. The van der Waals surface area contributed by atoms with Gasteiger partial charge in [-0.3, -0.25) is 19.2 Å². The highest BCUT2D eigenvalue weighted by atomic mass is 19.1. The molecule has 2 saturated heterocycles. The first-order valence-electron chi connectivity index (χ1n) is 10.1. The van der Waals surface area contributed by atoms with Crippen LogP contribution in [0.25, 0.3) is 0 Å². The fourth-order valence-corrected chi connectivity index (χ4v) is 3.71. The second kappa shape index (κ2) is 9.69. The number of piperidine rings is 1. The Hall–Kier alpha value is -2.97. The zero-order valence-corrected chi connectivity index (χ0v) is 17.0. The number of piperazine rings is 1. The Morgan fingerprint density at radius 3 is 2.03 bits per heavy atom. The zero-order chi connectivity index (χ0) is 21.7. The van der Waals surface area contributed by atoms with E-state index in [1.165, 1.54) is 31.2 Å². The van der Waals surface area contributed by atoms with Crippen LogP contribution in [0, 0.1) is 11.7 Å². The maximum atomic E-state index is 13.0. The van der Waals surface area contributed by atoms with Crippen LogP contribution in [0.1, 0.15) is 30.1 Å². The molecule has 8 nitrogen and oxygen atoms in total. The molecule has 0 aromatic heterocycles. The van der Waals surface area contributed by atoms with Crippen molar-refractivity contribution in [3.8, 4) is 0 Å². The number of rotatable bonds is 4. The fraction of sp³-hybridized carbons (Fsp3) is 0.524. The lowest BCUT2D eigenvalue weighted by Gasteiger charge is -2.34. The molecule has 0 unspecified atom stereocenters. The second-order valence-electron chi connectivity index (χ2n) is 7.57. The standard InChI is InChI=1S/C21H26FN3O5/c1-15(26)23-10-12-24(13-11-23)19(27)14-30-21(29)17-6-8-25(9-7-17)20(28)16-2-4-18(22)5-3-16/h2-5,17H,6-14H2,1H3. The van der Waals surface area contributed by atoms with E-state index in [0.29, 0.717) is 57.7 Å². The van der Waals surface area contributed by atoms with Crippen LogP contribution in [0.3, 0.4) is 0 Å². The van der Waals surface area contributed by atoms with E-state index in [4.69, 9.17) is 4.74 Å². The summed E-state index contributed by atoms with van der Waals surface area (Å²) >= 11 is 0. The minimum Gasteiger partial charge on any atom is -0.455 e. The summed E-state index contributed by atoms with van der Waals surface area (Å²) in [4.78, 5) is 53.3. The summed E-state index contributed by atoms with van der Waals surface area (Å²) in [5.41, 5.74) is 0.410. The summed E-state index contributed by atoms with van der Waals surface area (Å²) in [6, 6.07) is 5.38. The number of likely N-dealkylation sites (tertiary alicyclic amines) is 1. The van der Waals surface area contributed by atoms with Crippen LogP contribution < -0.4 is 0 Å². The van der Waals surface area contributed by atoms with Crippen molar-refractivity contribution in [2.75, 3.05) is 45.9 Å². The van der Waals surface area contributed by atoms with Gasteiger partial charge in [-0.15, -0.1) is 0 Å². The smallest absolute Gasteiger partial charge is 0.309 e. The molecule has 1 aromatic rings. The van der Waals surface area contributed by atoms with Crippen LogP contribution in [-0.2, 0) is 19.1 Å². The highest BCUT2D eigenvalue weighted by molar-refractivity contribution is 5.94. The third-order valence-corrected chi connectivity index (χ3v) is 5.62. The molecule has 0 N–H and O–H groups in total. The van der Waals surface area contributed by atoms with Gasteiger partial charge in [0.1, 0.15) is 5.82 Å². The molecule has 2 heterocycles. The van der Waals surface area contributed by atoms with E-state index in [1.54, 1.807) is 14.7 Å². The van der Waals surface area contributed by atoms with Crippen molar-refractivity contribution in [3.05, 3.63) is 35.6 Å². The molecule has 2 fully saturated rings. The van der Waals surface area contributed by atoms with Crippen molar-refractivity contribution < 1.29 is 28.3 Å². The lowest BCUT2D eigenvalue weighted by molar-refractivity contribution is -0.157. The lowest BCUT2D eigenvalue weighted by atomic mass is 9.96. The topological polar surface area (TPSA) is 87.2 Å². The summed E-state index contributed by atoms with van der Waals surface area (Å²) in [5, 5.41) is 0. The molecule has 162 valence electrons. The van der Waals surface area contributed by atoms with E-state index in [0.717, 1.165) is 0 Å².